The molecule has 18 heavy (non-hydrogen) atoms. The van der Waals surface area contributed by atoms with Gasteiger partial charge < -0.3 is 5.73 Å². The molecule has 0 bridgehead atoms. The number of nitrogens with two attached hydrogens (primary N) is 1. The smallest absolute Gasteiger partial charge is 0.0458 e. The predicted molar refractivity (Wildman–Crippen MR) is 80.5 cm³/mol. The van der Waals surface area contributed by atoms with E-state index in [4.69, 9.17) is 5.73 Å². The van der Waals surface area contributed by atoms with Crippen LogP contribution < -0.4 is 5.73 Å². The molecule has 4 heteroatoms. The molecule has 0 amide bonds. The van der Waals surface area contributed by atoms with Gasteiger partial charge in [-0.25, -0.2) is 0 Å². The first-order valence-electron chi connectivity index (χ1n) is 6.45. The Morgan fingerprint density at radius 1 is 1.28 bits per heavy atom. The molecule has 100 valence electrons. The lowest BCUT2D eigenvalue weighted by molar-refractivity contribution is 0.0556. The Hall–Kier alpha value is -0.580. The van der Waals surface area contributed by atoms with Gasteiger partial charge in [0.25, 0.3) is 0 Å². The van der Waals surface area contributed by atoms with Crippen molar-refractivity contribution in [2.24, 2.45) is 0 Å². The molecule has 2 atom stereocenters. The fourth-order valence-electron chi connectivity index (χ4n) is 2.57. The summed E-state index contributed by atoms with van der Waals surface area (Å²) in [5.41, 5.74) is 7.94. The standard InChI is InChI=1S/C14H22BrN3/c1-10-7-18(8-11(2)17(10)3)9-12-4-5-14(16)13(15)6-12/h4-6,10-11H,7-9,16H2,1-3H3. The highest BCUT2D eigenvalue weighted by molar-refractivity contribution is 9.10. The van der Waals surface area contributed by atoms with Crippen LogP contribution in [0.2, 0.25) is 0 Å². The number of nitrogen functional groups attached to an aromatic ring is 1. The van der Waals surface area contributed by atoms with Crippen molar-refractivity contribution < 1.29 is 0 Å². The molecule has 1 saturated heterocycles. The summed E-state index contributed by atoms with van der Waals surface area (Å²) >= 11 is 3.49. The molecule has 1 heterocycles. The van der Waals surface area contributed by atoms with Gasteiger partial charge in [-0.05, 0) is 54.5 Å². The Morgan fingerprint density at radius 3 is 2.44 bits per heavy atom. The number of anilines is 1. The molecule has 1 aliphatic heterocycles. The van der Waals surface area contributed by atoms with Gasteiger partial charge in [0.05, 0.1) is 0 Å². The van der Waals surface area contributed by atoms with Crippen LogP contribution in [0, 0.1) is 0 Å². The van der Waals surface area contributed by atoms with Crippen molar-refractivity contribution in [1.29, 1.82) is 0 Å². The molecular weight excluding hydrogens is 290 g/mol. The molecule has 0 saturated carbocycles. The Kier molecular flexibility index (Phi) is 4.30. The minimum Gasteiger partial charge on any atom is -0.398 e. The average Bonchev–Trinajstić information content (AvgIpc) is 2.31. The third kappa shape index (κ3) is 3.05. The summed E-state index contributed by atoms with van der Waals surface area (Å²) in [4.78, 5) is 4.97. The third-order valence-corrected chi connectivity index (χ3v) is 4.59. The lowest BCUT2D eigenvalue weighted by Gasteiger charge is -2.42. The maximum atomic E-state index is 5.82. The summed E-state index contributed by atoms with van der Waals surface area (Å²) in [5, 5.41) is 0. The minimum atomic E-state index is 0.617. The van der Waals surface area contributed by atoms with Crippen molar-refractivity contribution in [2.45, 2.75) is 32.5 Å². The molecule has 1 aliphatic rings. The number of halogens is 1. The number of rotatable bonds is 2. The molecule has 0 aromatic heterocycles. The van der Waals surface area contributed by atoms with E-state index in [0.29, 0.717) is 12.1 Å². The molecule has 0 spiro atoms. The van der Waals surface area contributed by atoms with Crippen molar-refractivity contribution >= 4 is 21.6 Å². The monoisotopic (exact) mass is 311 g/mol. The summed E-state index contributed by atoms with van der Waals surface area (Å²) in [6.45, 7) is 7.84. The Balaban J connectivity index is 2.03. The van der Waals surface area contributed by atoms with Gasteiger partial charge in [0.15, 0.2) is 0 Å². The largest absolute Gasteiger partial charge is 0.398 e. The van der Waals surface area contributed by atoms with Crippen LogP contribution in [0.4, 0.5) is 5.69 Å². The van der Waals surface area contributed by atoms with E-state index in [1.165, 1.54) is 5.56 Å². The van der Waals surface area contributed by atoms with Gasteiger partial charge in [-0.2, -0.15) is 0 Å². The van der Waals surface area contributed by atoms with Crippen molar-refractivity contribution in [2.75, 3.05) is 25.9 Å². The number of nitrogens with zero attached hydrogens (tertiary/aromatic N) is 2. The van der Waals surface area contributed by atoms with Crippen molar-refractivity contribution in [3.8, 4) is 0 Å². The first-order chi connectivity index (χ1) is 8.47. The quantitative estimate of drug-likeness (QED) is 0.852. The topological polar surface area (TPSA) is 32.5 Å². The molecule has 0 radical (unpaired) electrons. The summed E-state index contributed by atoms with van der Waals surface area (Å²) in [7, 11) is 2.21. The zero-order valence-electron chi connectivity index (χ0n) is 11.4. The Bertz CT molecular complexity index is 410. The van der Waals surface area contributed by atoms with E-state index < -0.39 is 0 Å². The van der Waals surface area contributed by atoms with Gasteiger partial charge in [0.1, 0.15) is 0 Å². The van der Waals surface area contributed by atoms with Crippen molar-refractivity contribution in [3.63, 3.8) is 0 Å². The molecule has 0 aliphatic carbocycles. The number of hydrogen-bond acceptors (Lipinski definition) is 3. The van der Waals surface area contributed by atoms with E-state index in [1.54, 1.807) is 0 Å². The molecule has 1 fully saturated rings. The van der Waals surface area contributed by atoms with Gasteiger partial charge in [0, 0.05) is 41.9 Å². The highest BCUT2D eigenvalue weighted by atomic mass is 79.9. The first-order valence-corrected chi connectivity index (χ1v) is 7.25. The minimum absolute atomic E-state index is 0.617. The maximum Gasteiger partial charge on any atom is 0.0458 e. The average molecular weight is 312 g/mol. The van der Waals surface area contributed by atoms with Crippen LogP contribution >= 0.6 is 15.9 Å². The summed E-state index contributed by atoms with van der Waals surface area (Å²) < 4.78 is 0.996. The molecule has 1 aromatic rings. The van der Waals surface area contributed by atoms with E-state index in [9.17, 15) is 0 Å². The summed E-state index contributed by atoms with van der Waals surface area (Å²) in [5.74, 6) is 0. The Morgan fingerprint density at radius 2 is 1.89 bits per heavy atom. The predicted octanol–water partition coefficient (Wildman–Crippen LogP) is 2.56. The number of hydrogen-bond donors (Lipinski definition) is 1. The second-order valence-electron chi connectivity index (χ2n) is 5.41. The van der Waals surface area contributed by atoms with Gasteiger partial charge in [-0.15, -0.1) is 0 Å². The van der Waals surface area contributed by atoms with Crippen LogP contribution in [-0.4, -0.2) is 42.0 Å². The zero-order valence-corrected chi connectivity index (χ0v) is 12.9. The first kappa shape index (κ1) is 13.8. The molecule has 3 nitrogen and oxygen atoms in total. The number of benzene rings is 1. The second-order valence-corrected chi connectivity index (χ2v) is 6.27. The van der Waals surface area contributed by atoms with Crippen LogP contribution in [0.25, 0.3) is 0 Å². The summed E-state index contributed by atoms with van der Waals surface area (Å²) in [6, 6.07) is 7.45. The van der Waals surface area contributed by atoms with E-state index >= 15 is 0 Å². The van der Waals surface area contributed by atoms with Gasteiger partial charge >= 0.3 is 0 Å². The fraction of sp³-hybridized carbons (Fsp3) is 0.571. The van der Waals surface area contributed by atoms with Gasteiger partial charge in [-0.1, -0.05) is 6.07 Å². The molecule has 2 rings (SSSR count). The van der Waals surface area contributed by atoms with Crippen molar-refractivity contribution in [1.82, 2.24) is 9.80 Å². The molecule has 2 N–H and O–H groups in total. The Labute approximate surface area is 118 Å². The van der Waals surface area contributed by atoms with Crippen LogP contribution in [0.5, 0.6) is 0 Å². The van der Waals surface area contributed by atoms with Crippen LogP contribution in [0.3, 0.4) is 0 Å². The molecule has 2 unspecified atom stereocenters. The third-order valence-electron chi connectivity index (χ3n) is 3.91. The lowest BCUT2D eigenvalue weighted by atomic mass is 10.1. The lowest BCUT2D eigenvalue weighted by Crippen LogP contribution is -2.54. The van der Waals surface area contributed by atoms with Crippen LogP contribution in [0.1, 0.15) is 19.4 Å². The normalized spacial score (nSPS) is 26.4. The maximum absolute atomic E-state index is 5.82. The van der Waals surface area contributed by atoms with Gasteiger partial charge in [-0.3, -0.25) is 9.80 Å². The molecule has 1 aromatic carbocycles. The fourth-order valence-corrected chi connectivity index (χ4v) is 3.00. The van der Waals surface area contributed by atoms with E-state index in [-0.39, 0.29) is 0 Å². The van der Waals surface area contributed by atoms with E-state index in [0.717, 1.165) is 29.8 Å². The highest BCUT2D eigenvalue weighted by Gasteiger charge is 2.26. The summed E-state index contributed by atoms with van der Waals surface area (Å²) in [6.07, 6.45) is 0. The van der Waals surface area contributed by atoms with E-state index in [2.05, 4.69) is 58.8 Å². The number of piperazine rings is 1. The molecular formula is C14H22BrN3. The second kappa shape index (κ2) is 5.59. The van der Waals surface area contributed by atoms with Crippen LogP contribution in [0.15, 0.2) is 22.7 Å². The van der Waals surface area contributed by atoms with Crippen molar-refractivity contribution in [3.05, 3.63) is 28.2 Å². The number of likely N-dealkylation sites (N-methyl/N-ethyl adjacent to an activating group) is 1. The van der Waals surface area contributed by atoms with Gasteiger partial charge in [0.2, 0.25) is 0 Å². The van der Waals surface area contributed by atoms with Crippen LogP contribution in [-0.2, 0) is 6.54 Å². The zero-order chi connectivity index (χ0) is 13.3. The van der Waals surface area contributed by atoms with E-state index in [1.807, 2.05) is 6.07 Å². The highest BCUT2D eigenvalue weighted by Crippen LogP contribution is 2.22. The SMILES string of the molecule is CC1CN(Cc2ccc(N)c(Br)c2)CC(C)N1C.